The number of carbonyl (C=O) groups is 2. The van der Waals surface area contributed by atoms with Gasteiger partial charge in [0.15, 0.2) is 18.1 Å². The Morgan fingerprint density at radius 3 is 2.67 bits per heavy atom. The number of nitrogens with zero attached hydrogens (tertiary/aromatic N) is 1. The third kappa shape index (κ3) is 6.00. The number of ether oxygens (including phenoxy) is 3. The van der Waals surface area contributed by atoms with Crippen molar-refractivity contribution in [2.45, 2.75) is 26.0 Å². The van der Waals surface area contributed by atoms with Gasteiger partial charge in [-0.3, -0.25) is 14.6 Å². The second kappa shape index (κ2) is 10.5. The standard InChI is InChI=1S/C25H25N3O5/c1-31-23-12-18(2-6-22(23)33-15-17-8-10-26-11-9-17)14-27-25(30)16-32-20-4-5-21-19(13-20)3-7-24(29)28-21/h2,4-6,8-13H,3,7,14-16H2,1H3,(H,27,30)(H,28,29). The first-order chi connectivity index (χ1) is 16.1. The minimum absolute atomic E-state index is 0.0144. The summed E-state index contributed by atoms with van der Waals surface area (Å²) >= 11 is 0. The normalized spacial score (nSPS) is 12.3. The Balaban J connectivity index is 1.27. The van der Waals surface area contributed by atoms with Gasteiger partial charge in [0.05, 0.1) is 7.11 Å². The molecule has 0 unspecified atom stereocenters. The van der Waals surface area contributed by atoms with E-state index in [0.29, 0.717) is 43.2 Å². The predicted molar refractivity (Wildman–Crippen MR) is 122 cm³/mol. The topological polar surface area (TPSA) is 98.8 Å². The van der Waals surface area contributed by atoms with Gasteiger partial charge in [-0.2, -0.15) is 0 Å². The number of benzene rings is 2. The van der Waals surface area contributed by atoms with Gasteiger partial charge in [-0.25, -0.2) is 0 Å². The van der Waals surface area contributed by atoms with Crippen molar-refractivity contribution in [1.29, 1.82) is 0 Å². The number of nitrogens with one attached hydrogen (secondary N) is 2. The Hall–Kier alpha value is -4.07. The molecule has 0 saturated carbocycles. The van der Waals surface area contributed by atoms with Crippen LogP contribution < -0.4 is 24.8 Å². The summed E-state index contributed by atoms with van der Waals surface area (Å²) in [6.07, 6.45) is 4.55. The number of aromatic nitrogens is 1. The fraction of sp³-hybridized carbons (Fsp3) is 0.240. The van der Waals surface area contributed by atoms with E-state index < -0.39 is 0 Å². The van der Waals surface area contributed by atoms with Crippen molar-refractivity contribution >= 4 is 17.5 Å². The molecule has 170 valence electrons. The van der Waals surface area contributed by atoms with Crippen molar-refractivity contribution in [2.24, 2.45) is 0 Å². The molecular formula is C25H25N3O5. The zero-order valence-electron chi connectivity index (χ0n) is 18.3. The molecule has 0 atom stereocenters. The van der Waals surface area contributed by atoms with Crippen LogP contribution in [0.25, 0.3) is 0 Å². The fourth-order valence-corrected chi connectivity index (χ4v) is 3.43. The third-order valence-corrected chi connectivity index (χ3v) is 5.20. The van der Waals surface area contributed by atoms with Crippen LogP contribution in [-0.2, 0) is 29.2 Å². The Labute approximate surface area is 191 Å². The second-order valence-electron chi connectivity index (χ2n) is 7.56. The van der Waals surface area contributed by atoms with Crippen LogP contribution in [0.1, 0.15) is 23.1 Å². The number of aryl methyl sites for hydroxylation is 1. The number of fused-ring (bicyclic) bond motifs is 1. The van der Waals surface area contributed by atoms with Gasteiger partial charge in [0.1, 0.15) is 12.4 Å². The maximum absolute atomic E-state index is 12.2. The Bertz CT molecular complexity index is 1130. The zero-order valence-corrected chi connectivity index (χ0v) is 18.3. The van der Waals surface area contributed by atoms with Gasteiger partial charge >= 0.3 is 0 Å². The summed E-state index contributed by atoms with van der Waals surface area (Å²) in [6.45, 7) is 0.635. The molecule has 0 fully saturated rings. The van der Waals surface area contributed by atoms with E-state index in [1.165, 1.54) is 0 Å². The van der Waals surface area contributed by atoms with Gasteiger partial charge in [-0.15, -0.1) is 0 Å². The Morgan fingerprint density at radius 2 is 1.85 bits per heavy atom. The number of methoxy groups -OCH3 is 1. The largest absolute Gasteiger partial charge is 0.493 e. The van der Waals surface area contributed by atoms with Crippen LogP contribution in [0.15, 0.2) is 60.9 Å². The molecule has 2 heterocycles. The molecule has 1 aliphatic rings. The van der Waals surface area contributed by atoms with Gasteiger partial charge < -0.3 is 24.8 Å². The molecule has 2 amide bonds. The fourth-order valence-electron chi connectivity index (χ4n) is 3.43. The molecule has 8 nitrogen and oxygen atoms in total. The summed E-state index contributed by atoms with van der Waals surface area (Å²) < 4.78 is 16.9. The number of anilines is 1. The van der Waals surface area contributed by atoms with Crippen molar-refractivity contribution in [3.63, 3.8) is 0 Å². The highest BCUT2D eigenvalue weighted by Gasteiger charge is 2.15. The molecule has 0 aliphatic carbocycles. The first-order valence-corrected chi connectivity index (χ1v) is 10.6. The van der Waals surface area contributed by atoms with Gasteiger partial charge in [0.2, 0.25) is 5.91 Å². The molecule has 1 aromatic heterocycles. The van der Waals surface area contributed by atoms with Crippen molar-refractivity contribution in [1.82, 2.24) is 10.3 Å². The maximum Gasteiger partial charge on any atom is 0.258 e. The van der Waals surface area contributed by atoms with E-state index in [-0.39, 0.29) is 18.4 Å². The lowest BCUT2D eigenvalue weighted by Gasteiger charge is -2.17. The molecular weight excluding hydrogens is 422 g/mol. The summed E-state index contributed by atoms with van der Waals surface area (Å²) in [4.78, 5) is 27.7. The van der Waals surface area contributed by atoms with Crippen LogP contribution in [0.4, 0.5) is 5.69 Å². The third-order valence-electron chi connectivity index (χ3n) is 5.20. The highest BCUT2D eigenvalue weighted by molar-refractivity contribution is 5.94. The molecule has 0 spiro atoms. The average Bonchev–Trinajstić information content (AvgIpc) is 2.85. The van der Waals surface area contributed by atoms with Crippen LogP contribution in [-0.4, -0.2) is 30.5 Å². The minimum Gasteiger partial charge on any atom is -0.493 e. The quantitative estimate of drug-likeness (QED) is 0.523. The second-order valence-corrected chi connectivity index (χ2v) is 7.56. The summed E-state index contributed by atoms with van der Waals surface area (Å²) in [5, 5.41) is 5.67. The molecule has 0 bridgehead atoms. The summed E-state index contributed by atoms with van der Waals surface area (Å²) in [6, 6.07) is 14.7. The van der Waals surface area contributed by atoms with Crippen molar-refractivity contribution in [2.75, 3.05) is 19.0 Å². The summed E-state index contributed by atoms with van der Waals surface area (Å²) in [5.41, 5.74) is 3.68. The Morgan fingerprint density at radius 1 is 1.00 bits per heavy atom. The summed E-state index contributed by atoms with van der Waals surface area (Å²) in [5.74, 6) is 1.58. The zero-order chi connectivity index (χ0) is 23.0. The Kier molecular flexibility index (Phi) is 7.04. The van der Waals surface area contributed by atoms with E-state index in [4.69, 9.17) is 14.2 Å². The maximum atomic E-state index is 12.2. The van der Waals surface area contributed by atoms with E-state index in [0.717, 1.165) is 22.4 Å². The molecule has 2 N–H and O–H groups in total. The lowest BCUT2D eigenvalue weighted by atomic mass is 10.0. The van der Waals surface area contributed by atoms with E-state index in [9.17, 15) is 9.59 Å². The van der Waals surface area contributed by atoms with Gasteiger partial charge in [-0.05, 0) is 65.6 Å². The molecule has 4 rings (SSSR count). The van der Waals surface area contributed by atoms with Gasteiger partial charge in [0, 0.05) is 31.0 Å². The highest BCUT2D eigenvalue weighted by Crippen LogP contribution is 2.29. The lowest BCUT2D eigenvalue weighted by molar-refractivity contribution is -0.123. The lowest BCUT2D eigenvalue weighted by Crippen LogP contribution is -2.28. The van der Waals surface area contributed by atoms with Gasteiger partial charge in [0.25, 0.3) is 5.91 Å². The first kappa shape index (κ1) is 22.1. The first-order valence-electron chi connectivity index (χ1n) is 10.6. The SMILES string of the molecule is COc1cc(CNC(=O)COc2ccc3c(c2)CCC(=O)N3)ccc1OCc1ccncc1. The van der Waals surface area contributed by atoms with E-state index in [2.05, 4.69) is 15.6 Å². The monoisotopic (exact) mass is 447 g/mol. The van der Waals surface area contributed by atoms with E-state index >= 15 is 0 Å². The number of rotatable bonds is 9. The number of pyridine rings is 1. The van der Waals surface area contributed by atoms with Crippen LogP contribution in [0.2, 0.25) is 0 Å². The molecule has 2 aromatic carbocycles. The molecule has 33 heavy (non-hydrogen) atoms. The number of amides is 2. The minimum atomic E-state index is -0.238. The predicted octanol–water partition coefficient (Wildman–Crippen LogP) is 3.25. The highest BCUT2D eigenvalue weighted by atomic mass is 16.5. The van der Waals surface area contributed by atoms with Crippen LogP contribution in [0.3, 0.4) is 0 Å². The van der Waals surface area contributed by atoms with Crippen molar-refractivity contribution < 1.29 is 23.8 Å². The molecule has 8 heteroatoms. The van der Waals surface area contributed by atoms with Crippen LogP contribution >= 0.6 is 0 Å². The van der Waals surface area contributed by atoms with E-state index in [1.807, 2.05) is 36.4 Å². The molecule has 1 aliphatic heterocycles. The number of hydrogen-bond acceptors (Lipinski definition) is 6. The summed E-state index contributed by atoms with van der Waals surface area (Å²) in [7, 11) is 1.58. The van der Waals surface area contributed by atoms with Gasteiger partial charge in [-0.1, -0.05) is 6.07 Å². The van der Waals surface area contributed by atoms with Crippen LogP contribution in [0, 0.1) is 0 Å². The molecule has 3 aromatic rings. The smallest absolute Gasteiger partial charge is 0.258 e. The van der Waals surface area contributed by atoms with Crippen molar-refractivity contribution in [3.05, 3.63) is 77.6 Å². The van der Waals surface area contributed by atoms with Crippen LogP contribution in [0.5, 0.6) is 17.2 Å². The molecule has 0 radical (unpaired) electrons. The average molecular weight is 447 g/mol. The van der Waals surface area contributed by atoms with Crippen molar-refractivity contribution in [3.8, 4) is 17.2 Å². The molecule has 0 saturated heterocycles. The number of carbonyl (C=O) groups excluding carboxylic acids is 2. The number of hydrogen-bond donors (Lipinski definition) is 2. The van der Waals surface area contributed by atoms with E-state index in [1.54, 1.807) is 31.6 Å².